The summed E-state index contributed by atoms with van der Waals surface area (Å²) in [6.45, 7) is 3.01. The summed E-state index contributed by atoms with van der Waals surface area (Å²) in [5.74, 6) is -6.25. The fourth-order valence-electron chi connectivity index (χ4n) is 1.37. The third kappa shape index (κ3) is 4.76. The summed E-state index contributed by atoms with van der Waals surface area (Å²) < 4.78 is 43.9. The van der Waals surface area contributed by atoms with Gasteiger partial charge in [0.2, 0.25) is 0 Å². The van der Waals surface area contributed by atoms with Crippen LogP contribution in [0.2, 0.25) is 0 Å². The molecule has 0 saturated heterocycles. The number of hydrogen-bond acceptors (Lipinski definition) is 3. The maximum atomic E-state index is 13.4. The molecule has 1 aromatic carbocycles. The number of allylic oxidation sites excluding steroid dienone is 3. The van der Waals surface area contributed by atoms with Crippen LogP contribution in [0.5, 0.6) is 0 Å². The summed E-state index contributed by atoms with van der Waals surface area (Å²) in [6, 6.07) is 1.54. The molecule has 0 aliphatic rings. The molecule has 118 valence electrons. The molecule has 4 nitrogen and oxygen atoms in total. The van der Waals surface area contributed by atoms with Crippen LogP contribution in [0.4, 0.5) is 18.9 Å². The molecule has 0 saturated carbocycles. The molecule has 7 heteroatoms. The number of benzene rings is 1. The monoisotopic (exact) mass is 313 g/mol. The number of rotatable bonds is 5. The highest BCUT2D eigenvalue weighted by atomic mass is 19.2. The van der Waals surface area contributed by atoms with E-state index in [0.717, 1.165) is 12.1 Å². The van der Waals surface area contributed by atoms with Crippen LogP contribution in [0.25, 0.3) is 0 Å². The van der Waals surface area contributed by atoms with Gasteiger partial charge >= 0.3 is 5.97 Å². The van der Waals surface area contributed by atoms with E-state index in [0.29, 0.717) is 6.07 Å². The summed E-state index contributed by atoms with van der Waals surface area (Å²) in [5.41, 5.74) is -0.545. The third-order valence-electron chi connectivity index (χ3n) is 2.49. The summed E-state index contributed by atoms with van der Waals surface area (Å²) in [4.78, 5) is 23.1. The SMILES string of the molecule is C/C=C/C=C/C(=O)O[C@H](C)C(=O)Nc1ccc(F)c(F)c1F. The summed E-state index contributed by atoms with van der Waals surface area (Å²) in [7, 11) is 0. The van der Waals surface area contributed by atoms with Gasteiger partial charge in [-0.1, -0.05) is 18.2 Å². The summed E-state index contributed by atoms with van der Waals surface area (Å²) in [6.07, 6.45) is 4.55. The molecule has 0 spiro atoms. The van der Waals surface area contributed by atoms with Crippen LogP contribution in [-0.4, -0.2) is 18.0 Å². The van der Waals surface area contributed by atoms with Gasteiger partial charge in [0.1, 0.15) is 0 Å². The van der Waals surface area contributed by atoms with Crippen LogP contribution in [-0.2, 0) is 14.3 Å². The summed E-state index contributed by atoms with van der Waals surface area (Å²) in [5, 5.41) is 2.01. The van der Waals surface area contributed by atoms with Crippen LogP contribution in [0.1, 0.15) is 13.8 Å². The van der Waals surface area contributed by atoms with Gasteiger partial charge in [-0.15, -0.1) is 0 Å². The Bertz CT molecular complexity index is 627. The normalized spacial score (nSPS) is 12.6. The molecule has 1 aromatic rings. The molecule has 0 radical (unpaired) electrons. The molecular formula is C15H14F3NO3. The number of carbonyl (C=O) groups excluding carboxylic acids is 2. The Kier molecular flexibility index (Phi) is 6.37. The lowest BCUT2D eigenvalue weighted by molar-refractivity contribution is -0.148. The van der Waals surface area contributed by atoms with Crippen molar-refractivity contribution in [2.75, 3.05) is 5.32 Å². The molecular weight excluding hydrogens is 299 g/mol. The number of anilines is 1. The first-order valence-corrected chi connectivity index (χ1v) is 6.31. The third-order valence-corrected chi connectivity index (χ3v) is 2.49. The molecule has 22 heavy (non-hydrogen) atoms. The molecule has 0 aromatic heterocycles. The van der Waals surface area contributed by atoms with Crippen LogP contribution in [0, 0.1) is 17.5 Å². The zero-order valence-corrected chi connectivity index (χ0v) is 11.9. The molecule has 0 aliphatic heterocycles. The molecule has 1 atom stereocenters. The second-order valence-corrected chi connectivity index (χ2v) is 4.18. The topological polar surface area (TPSA) is 55.4 Å². The van der Waals surface area contributed by atoms with E-state index in [4.69, 9.17) is 4.74 Å². The molecule has 0 heterocycles. The van der Waals surface area contributed by atoms with Gasteiger partial charge < -0.3 is 10.1 Å². The van der Waals surface area contributed by atoms with Gasteiger partial charge in [-0.25, -0.2) is 18.0 Å². The van der Waals surface area contributed by atoms with Gasteiger partial charge in [0.25, 0.3) is 5.91 Å². The zero-order chi connectivity index (χ0) is 16.7. The fourth-order valence-corrected chi connectivity index (χ4v) is 1.37. The van der Waals surface area contributed by atoms with Gasteiger partial charge in [-0.2, -0.15) is 0 Å². The van der Waals surface area contributed by atoms with Crippen molar-refractivity contribution >= 4 is 17.6 Å². The molecule has 1 amide bonds. The highest BCUT2D eigenvalue weighted by Gasteiger charge is 2.20. The van der Waals surface area contributed by atoms with Gasteiger partial charge in [0.15, 0.2) is 23.6 Å². The van der Waals surface area contributed by atoms with Crippen molar-refractivity contribution in [3.63, 3.8) is 0 Å². The van der Waals surface area contributed by atoms with E-state index < -0.39 is 41.1 Å². The Morgan fingerprint density at radius 1 is 1.18 bits per heavy atom. The highest BCUT2D eigenvalue weighted by Crippen LogP contribution is 2.19. The minimum atomic E-state index is -1.70. The van der Waals surface area contributed by atoms with Crippen LogP contribution in [0.15, 0.2) is 36.4 Å². The van der Waals surface area contributed by atoms with E-state index in [1.807, 2.05) is 5.32 Å². The quantitative estimate of drug-likeness (QED) is 0.393. The van der Waals surface area contributed by atoms with Crippen molar-refractivity contribution in [1.82, 2.24) is 0 Å². The number of amides is 1. The Morgan fingerprint density at radius 2 is 1.86 bits per heavy atom. The Labute approximate surface area is 125 Å². The zero-order valence-electron chi connectivity index (χ0n) is 11.9. The number of hydrogen-bond donors (Lipinski definition) is 1. The highest BCUT2D eigenvalue weighted by molar-refractivity contribution is 5.96. The number of carbonyl (C=O) groups is 2. The van der Waals surface area contributed by atoms with Crippen molar-refractivity contribution in [2.24, 2.45) is 0 Å². The van der Waals surface area contributed by atoms with E-state index in [1.165, 1.54) is 13.0 Å². The van der Waals surface area contributed by atoms with Crippen molar-refractivity contribution in [2.45, 2.75) is 20.0 Å². The maximum absolute atomic E-state index is 13.4. The van der Waals surface area contributed by atoms with Gasteiger partial charge in [0, 0.05) is 6.08 Å². The minimum absolute atomic E-state index is 0.545. The first kappa shape index (κ1) is 17.5. The van der Waals surface area contributed by atoms with Crippen LogP contribution >= 0.6 is 0 Å². The van der Waals surface area contributed by atoms with Crippen molar-refractivity contribution in [1.29, 1.82) is 0 Å². The predicted molar refractivity (Wildman–Crippen MR) is 74.5 cm³/mol. The average Bonchev–Trinajstić information content (AvgIpc) is 2.48. The Morgan fingerprint density at radius 3 is 2.50 bits per heavy atom. The van der Waals surface area contributed by atoms with Crippen molar-refractivity contribution in [3.8, 4) is 0 Å². The van der Waals surface area contributed by atoms with Gasteiger partial charge in [0.05, 0.1) is 5.69 Å². The predicted octanol–water partition coefficient (Wildman–Crippen LogP) is 3.11. The van der Waals surface area contributed by atoms with E-state index >= 15 is 0 Å². The number of halogens is 3. The molecule has 1 rings (SSSR count). The average molecular weight is 313 g/mol. The standard InChI is InChI=1S/C15H14F3NO3/c1-3-4-5-6-12(20)22-9(2)15(21)19-11-8-7-10(16)13(17)14(11)18/h3-9H,1-2H3,(H,19,21)/b4-3+,6-5+/t9-/m1/s1. The van der Waals surface area contributed by atoms with E-state index in [1.54, 1.807) is 19.1 Å². The smallest absolute Gasteiger partial charge is 0.331 e. The summed E-state index contributed by atoms with van der Waals surface area (Å²) >= 11 is 0. The molecule has 0 fully saturated rings. The number of esters is 1. The molecule has 0 unspecified atom stereocenters. The lowest BCUT2D eigenvalue weighted by Gasteiger charge is -2.13. The molecule has 0 aliphatic carbocycles. The van der Waals surface area contributed by atoms with E-state index in [-0.39, 0.29) is 0 Å². The molecule has 0 bridgehead atoms. The van der Waals surface area contributed by atoms with Crippen LogP contribution in [0.3, 0.4) is 0 Å². The maximum Gasteiger partial charge on any atom is 0.331 e. The van der Waals surface area contributed by atoms with Gasteiger partial charge in [-0.3, -0.25) is 4.79 Å². The Hall–Kier alpha value is -2.57. The minimum Gasteiger partial charge on any atom is -0.449 e. The number of nitrogens with one attached hydrogen (secondary N) is 1. The molecule has 1 N–H and O–H groups in total. The Balaban J connectivity index is 2.69. The van der Waals surface area contributed by atoms with Gasteiger partial charge in [-0.05, 0) is 26.0 Å². The number of ether oxygens (including phenoxy) is 1. The van der Waals surface area contributed by atoms with E-state index in [2.05, 4.69) is 0 Å². The second-order valence-electron chi connectivity index (χ2n) is 4.18. The second kappa shape index (κ2) is 8.02. The first-order valence-electron chi connectivity index (χ1n) is 6.31. The lowest BCUT2D eigenvalue weighted by Crippen LogP contribution is -2.29. The van der Waals surface area contributed by atoms with Crippen molar-refractivity contribution < 1.29 is 27.5 Å². The lowest BCUT2D eigenvalue weighted by atomic mass is 10.2. The largest absolute Gasteiger partial charge is 0.449 e. The van der Waals surface area contributed by atoms with E-state index in [9.17, 15) is 22.8 Å². The van der Waals surface area contributed by atoms with Crippen molar-refractivity contribution in [3.05, 3.63) is 53.9 Å². The first-order chi connectivity index (χ1) is 10.4. The van der Waals surface area contributed by atoms with Crippen LogP contribution < -0.4 is 5.32 Å². The fraction of sp³-hybridized carbons (Fsp3) is 0.200.